The summed E-state index contributed by atoms with van der Waals surface area (Å²) in [7, 11) is 0. The van der Waals surface area contributed by atoms with E-state index in [1.54, 1.807) is 0 Å². The van der Waals surface area contributed by atoms with Crippen molar-refractivity contribution < 1.29 is 19.1 Å². The van der Waals surface area contributed by atoms with Gasteiger partial charge in [0.1, 0.15) is 12.2 Å². The lowest BCUT2D eigenvalue weighted by Gasteiger charge is -2.59. The zero-order valence-corrected chi connectivity index (χ0v) is 26.5. The van der Waals surface area contributed by atoms with Crippen LogP contribution >= 0.6 is 0 Å². The van der Waals surface area contributed by atoms with Gasteiger partial charge in [0.05, 0.1) is 25.2 Å². The summed E-state index contributed by atoms with van der Waals surface area (Å²) >= 11 is 0. The highest BCUT2D eigenvalue weighted by Gasteiger charge is 2.55. The Labute approximate surface area is 242 Å². The van der Waals surface area contributed by atoms with Gasteiger partial charge < -0.3 is 9.47 Å². The average Bonchev–Trinajstić information content (AvgIpc) is 2.93. The Morgan fingerprint density at radius 3 is 1.30 bits per heavy atom. The fourth-order valence-electron chi connectivity index (χ4n) is 7.35. The van der Waals surface area contributed by atoms with E-state index in [4.69, 9.17) is 9.47 Å². The molecule has 8 atom stereocenters. The second-order valence-corrected chi connectivity index (χ2v) is 12.9. The van der Waals surface area contributed by atoms with Crippen LogP contribution in [0.25, 0.3) is 0 Å². The maximum Gasteiger partial charge on any atom is 0.331 e. The van der Waals surface area contributed by atoms with Crippen molar-refractivity contribution in [2.24, 2.45) is 11.8 Å². The summed E-state index contributed by atoms with van der Waals surface area (Å²) in [6.45, 7) is 21.8. The number of hydrogen-bond donors (Lipinski definition) is 0. The summed E-state index contributed by atoms with van der Waals surface area (Å²) in [4.78, 5) is 30.4. The number of carbonyl (C=O) groups is 2. The summed E-state index contributed by atoms with van der Waals surface area (Å²) in [5, 5.41) is 19.0. The summed E-state index contributed by atoms with van der Waals surface area (Å²) in [6.07, 6.45) is 6.22. The third-order valence-electron chi connectivity index (χ3n) is 11.2. The summed E-state index contributed by atoms with van der Waals surface area (Å²) in [5.74, 6) is -1.11. The monoisotopic (exact) mass is 556 g/mol. The summed E-state index contributed by atoms with van der Waals surface area (Å²) in [5.41, 5.74) is -1.18. The number of piperidine rings is 2. The molecule has 2 saturated heterocycles. The SMILES string of the molecule is CCC1(C)CC(OC(=O)C=CC(=O)OC2CC(C)(CC)N(CC#N)C(C)(CC)C2C)C(C)C(C)(CC)N1CC#N. The van der Waals surface area contributed by atoms with Crippen molar-refractivity contribution >= 4 is 11.9 Å². The van der Waals surface area contributed by atoms with Gasteiger partial charge >= 0.3 is 11.9 Å². The van der Waals surface area contributed by atoms with Crippen LogP contribution in [0.15, 0.2) is 12.2 Å². The van der Waals surface area contributed by atoms with Crippen molar-refractivity contribution in [1.82, 2.24) is 9.80 Å². The Kier molecular flexibility index (Phi) is 11.0. The van der Waals surface area contributed by atoms with E-state index < -0.39 is 11.9 Å². The number of carbonyl (C=O) groups excluding carboxylic acids is 2. The predicted octanol–water partition coefficient (Wildman–Crippen LogP) is 5.77. The standard InChI is InChI=1S/C32H52N4O4/c1-11-29(7)21-25(23(5)31(9,13-3)35(29)19-17-33)39-27(37)15-16-28(38)40-26-22-30(8,12-2)36(20-18-34)32(10,14-4)24(26)6/h15-16,23-26H,11-14,19-22H2,1-10H3. The molecule has 0 bridgehead atoms. The Bertz CT molecular complexity index is 953. The number of likely N-dealkylation sites (tertiary alicyclic amines) is 2. The number of esters is 2. The highest BCUT2D eigenvalue weighted by molar-refractivity contribution is 5.91. The topological polar surface area (TPSA) is 107 Å². The van der Waals surface area contributed by atoms with Crippen molar-refractivity contribution in [3.8, 4) is 12.1 Å². The summed E-state index contributed by atoms with van der Waals surface area (Å²) < 4.78 is 11.9. The van der Waals surface area contributed by atoms with E-state index >= 15 is 0 Å². The first-order valence-electron chi connectivity index (χ1n) is 15.0. The van der Waals surface area contributed by atoms with Crippen molar-refractivity contribution in [2.75, 3.05) is 13.1 Å². The van der Waals surface area contributed by atoms with Crippen LogP contribution in [-0.2, 0) is 19.1 Å². The van der Waals surface area contributed by atoms with Crippen LogP contribution in [0.5, 0.6) is 0 Å². The molecule has 2 aliphatic heterocycles. The maximum atomic E-state index is 12.9. The Hall–Kier alpha value is -2.42. The molecular formula is C32H52N4O4. The molecule has 0 amide bonds. The zero-order chi connectivity index (χ0) is 30.5. The normalized spacial score (nSPS) is 38.9. The van der Waals surface area contributed by atoms with Gasteiger partial charge in [0.25, 0.3) is 0 Å². The third-order valence-corrected chi connectivity index (χ3v) is 11.2. The minimum atomic E-state index is -0.562. The average molecular weight is 557 g/mol. The van der Waals surface area contributed by atoms with Gasteiger partial charge in [0, 0.05) is 59.0 Å². The first kappa shape index (κ1) is 33.8. The number of rotatable bonds is 10. The second-order valence-electron chi connectivity index (χ2n) is 12.9. The second kappa shape index (κ2) is 13.0. The van der Waals surface area contributed by atoms with Crippen LogP contribution in [0.1, 0.15) is 108 Å². The van der Waals surface area contributed by atoms with Crippen molar-refractivity contribution in [3.05, 3.63) is 12.2 Å². The van der Waals surface area contributed by atoms with Crippen LogP contribution in [-0.4, -0.2) is 69.2 Å². The molecule has 224 valence electrons. The molecule has 40 heavy (non-hydrogen) atoms. The Balaban J connectivity index is 2.16. The molecular weight excluding hydrogens is 504 g/mol. The highest BCUT2D eigenvalue weighted by atomic mass is 16.5. The minimum Gasteiger partial charge on any atom is -0.459 e. The van der Waals surface area contributed by atoms with Gasteiger partial charge in [0.15, 0.2) is 0 Å². The van der Waals surface area contributed by atoms with E-state index in [0.29, 0.717) is 25.9 Å². The molecule has 8 heteroatoms. The molecule has 2 heterocycles. The molecule has 2 aliphatic rings. The largest absolute Gasteiger partial charge is 0.459 e. The van der Waals surface area contributed by atoms with Gasteiger partial charge in [0.2, 0.25) is 0 Å². The number of hydrogen-bond acceptors (Lipinski definition) is 8. The quantitative estimate of drug-likeness (QED) is 0.190. The van der Waals surface area contributed by atoms with Crippen LogP contribution in [0.2, 0.25) is 0 Å². The lowest BCUT2D eigenvalue weighted by Crippen LogP contribution is -2.68. The van der Waals surface area contributed by atoms with Gasteiger partial charge in [-0.2, -0.15) is 10.5 Å². The first-order valence-corrected chi connectivity index (χ1v) is 15.0. The lowest BCUT2D eigenvalue weighted by atomic mass is 9.68. The van der Waals surface area contributed by atoms with Crippen molar-refractivity contribution in [3.63, 3.8) is 0 Å². The molecule has 0 aromatic carbocycles. The van der Waals surface area contributed by atoms with Crippen LogP contribution in [0, 0.1) is 34.5 Å². The summed E-state index contributed by atoms with van der Waals surface area (Å²) in [6, 6.07) is 4.65. The van der Waals surface area contributed by atoms with E-state index in [-0.39, 0.29) is 46.2 Å². The van der Waals surface area contributed by atoms with Crippen LogP contribution in [0.4, 0.5) is 0 Å². The van der Waals surface area contributed by atoms with Gasteiger partial charge in [-0.25, -0.2) is 9.59 Å². The van der Waals surface area contributed by atoms with E-state index in [9.17, 15) is 20.1 Å². The van der Waals surface area contributed by atoms with E-state index in [2.05, 4.69) is 91.2 Å². The van der Waals surface area contributed by atoms with E-state index in [1.165, 1.54) is 12.2 Å². The molecule has 0 saturated carbocycles. The fraction of sp³-hybridized carbons (Fsp3) is 0.812. The minimum absolute atomic E-state index is 0.00710. The predicted molar refractivity (Wildman–Crippen MR) is 156 cm³/mol. The Morgan fingerprint density at radius 1 is 0.725 bits per heavy atom. The smallest absolute Gasteiger partial charge is 0.331 e. The molecule has 2 fully saturated rings. The lowest BCUT2D eigenvalue weighted by molar-refractivity contribution is -0.172. The molecule has 0 spiro atoms. The van der Waals surface area contributed by atoms with E-state index in [1.807, 2.05) is 0 Å². The fourth-order valence-corrected chi connectivity index (χ4v) is 7.35. The van der Waals surface area contributed by atoms with Gasteiger partial charge in [-0.1, -0.05) is 41.5 Å². The number of ether oxygens (including phenoxy) is 2. The third kappa shape index (κ3) is 6.24. The maximum absolute atomic E-state index is 12.9. The molecule has 2 rings (SSSR count). The van der Waals surface area contributed by atoms with Gasteiger partial charge in [-0.15, -0.1) is 0 Å². The van der Waals surface area contributed by atoms with Crippen molar-refractivity contribution in [2.45, 2.75) is 142 Å². The molecule has 0 aromatic heterocycles. The number of nitriles is 2. The number of nitrogens with zero attached hydrogens (tertiary/aromatic N) is 4. The van der Waals surface area contributed by atoms with Crippen LogP contribution < -0.4 is 0 Å². The van der Waals surface area contributed by atoms with Crippen LogP contribution in [0.3, 0.4) is 0 Å². The van der Waals surface area contributed by atoms with Gasteiger partial charge in [-0.3, -0.25) is 9.80 Å². The molecule has 8 nitrogen and oxygen atoms in total. The molecule has 0 aromatic rings. The molecule has 0 aliphatic carbocycles. The zero-order valence-electron chi connectivity index (χ0n) is 26.5. The van der Waals surface area contributed by atoms with E-state index in [0.717, 1.165) is 25.7 Å². The highest BCUT2D eigenvalue weighted by Crippen LogP contribution is 2.47. The molecule has 0 radical (unpaired) electrons. The molecule has 0 N–H and O–H groups in total. The first-order chi connectivity index (χ1) is 18.7. The molecule has 8 unspecified atom stereocenters. The Morgan fingerprint density at radius 2 is 1.05 bits per heavy atom. The van der Waals surface area contributed by atoms with Gasteiger partial charge in [-0.05, 0) is 53.4 Å². The van der Waals surface area contributed by atoms with Crippen molar-refractivity contribution in [1.29, 1.82) is 10.5 Å².